The van der Waals surface area contributed by atoms with Crippen molar-refractivity contribution in [2.75, 3.05) is 19.2 Å². The minimum absolute atomic E-state index is 0.0785. The van der Waals surface area contributed by atoms with Crippen LogP contribution < -0.4 is 14.5 Å². The lowest BCUT2D eigenvalue weighted by Crippen LogP contribution is -2.22. The summed E-state index contributed by atoms with van der Waals surface area (Å²) in [7, 11) is 3.20. The molecule has 0 unspecified atom stereocenters. The summed E-state index contributed by atoms with van der Waals surface area (Å²) >= 11 is 0. The highest BCUT2D eigenvalue weighted by molar-refractivity contribution is 6.11. The molecule has 0 N–H and O–H groups in total. The monoisotopic (exact) mass is 379 g/mol. The number of carbonyl (C=O) groups is 1. The first kappa shape index (κ1) is 18.0. The highest BCUT2D eigenvalue weighted by Gasteiger charge is 2.27. The van der Waals surface area contributed by atoms with E-state index in [1.165, 1.54) is 5.01 Å². The molecule has 0 spiro atoms. The molecule has 1 aromatic carbocycles. The van der Waals surface area contributed by atoms with E-state index in [0.29, 0.717) is 29.4 Å². The van der Waals surface area contributed by atoms with Crippen molar-refractivity contribution in [1.29, 1.82) is 0 Å². The molecule has 3 heterocycles. The molecule has 0 saturated heterocycles. The van der Waals surface area contributed by atoms with E-state index in [-0.39, 0.29) is 5.91 Å². The standard InChI is InChI=1S/C20H21N5O3/c1-11-8-17(24-18(26)9-12(2)22-24)25-20(21-11)13(3)19(23-25)14-6-7-15(27-4)16(10-14)28-5/h6-8,10H,9H2,1-5H3. The molecule has 0 aliphatic carbocycles. The number of methoxy groups -OCH3 is 2. The van der Waals surface area contributed by atoms with E-state index < -0.39 is 0 Å². The fourth-order valence-corrected chi connectivity index (χ4v) is 3.37. The van der Waals surface area contributed by atoms with Gasteiger partial charge in [-0.1, -0.05) is 0 Å². The molecule has 144 valence electrons. The summed E-state index contributed by atoms with van der Waals surface area (Å²) in [5.41, 5.74) is 4.79. The second-order valence-corrected chi connectivity index (χ2v) is 6.75. The lowest BCUT2D eigenvalue weighted by atomic mass is 10.1. The van der Waals surface area contributed by atoms with Gasteiger partial charge >= 0.3 is 0 Å². The highest BCUT2D eigenvalue weighted by Crippen LogP contribution is 2.35. The molecule has 0 fully saturated rings. The average Bonchev–Trinajstić information content (AvgIpc) is 3.19. The zero-order valence-electron chi connectivity index (χ0n) is 16.5. The quantitative estimate of drug-likeness (QED) is 0.696. The maximum absolute atomic E-state index is 12.4. The molecular weight excluding hydrogens is 358 g/mol. The van der Waals surface area contributed by atoms with Crippen LogP contribution in [0.1, 0.15) is 24.6 Å². The Balaban J connectivity index is 1.92. The van der Waals surface area contributed by atoms with Crippen LogP contribution in [0.3, 0.4) is 0 Å². The van der Waals surface area contributed by atoms with Gasteiger partial charge in [-0.15, -0.1) is 0 Å². The SMILES string of the molecule is COc1ccc(-c2nn3c(N4N=C(C)CC4=O)cc(C)nc3c2C)cc1OC. The number of nitrogens with zero attached hydrogens (tertiary/aromatic N) is 5. The normalized spacial score (nSPS) is 14.0. The minimum Gasteiger partial charge on any atom is -0.493 e. The summed E-state index contributed by atoms with van der Waals surface area (Å²) in [6.07, 6.45) is 0.311. The van der Waals surface area contributed by atoms with Gasteiger partial charge in [0, 0.05) is 28.6 Å². The molecule has 1 aliphatic heterocycles. The number of anilines is 1. The smallest absolute Gasteiger partial charge is 0.254 e. The first-order valence-corrected chi connectivity index (χ1v) is 8.89. The van der Waals surface area contributed by atoms with Crippen LogP contribution in [0, 0.1) is 13.8 Å². The zero-order chi connectivity index (χ0) is 20.0. The molecule has 2 aromatic heterocycles. The van der Waals surface area contributed by atoms with Gasteiger partial charge < -0.3 is 9.47 Å². The predicted octanol–water partition coefficient (Wildman–Crippen LogP) is 3.14. The van der Waals surface area contributed by atoms with Crippen molar-refractivity contribution in [3.8, 4) is 22.8 Å². The molecule has 0 atom stereocenters. The third-order valence-electron chi connectivity index (χ3n) is 4.72. The number of benzene rings is 1. The van der Waals surface area contributed by atoms with E-state index in [2.05, 4.69) is 10.1 Å². The van der Waals surface area contributed by atoms with Gasteiger partial charge in [0.25, 0.3) is 5.91 Å². The lowest BCUT2D eigenvalue weighted by molar-refractivity contribution is -0.117. The van der Waals surface area contributed by atoms with E-state index in [9.17, 15) is 4.79 Å². The van der Waals surface area contributed by atoms with E-state index in [1.54, 1.807) is 18.7 Å². The molecule has 8 nitrogen and oxygen atoms in total. The van der Waals surface area contributed by atoms with E-state index in [1.807, 2.05) is 45.0 Å². The summed E-state index contributed by atoms with van der Waals surface area (Å²) in [6.45, 7) is 5.70. The Morgan fingerprint density at radius 2 is 1.79 bits per heavy atom. The Morgan fingerprint density at radius 3 is 2.43 bits per heavy atom. The number of fused-ring (bicyclic) bond motifs is 1. The number of amides is 1. The number of ether oxygens (including phenoxy) is 2. The second kappa shape index (κ2) is 6.63. The van der Waals surface area contributed by atoms with Gasteiger partial charge in [-0.25, -0.2) is 4.98 Å². The summed E-state index contributed by atoms with van der Waals surface area (Å²) < 4.78 is 12.4. The number of aryl methyl sites for hydroxylation is 2. The van der Waals surface area contributed by atoms with Gasteiger partial charge in [0.2, 0.25) is 0 Å². The van der Waals surface area contributed by atoms with Gasteiger partial charge in [-0.2, -0.15) is 19.7 Å². The number of carbonyl (C=O) groups excluding carboxylic acids is 1. The summed E-state index contributed by atoms with van der Waals surface area (Å²) in [5.74, 6) is 1.77. The molecule has 1 aliphatic rings. The fourth-order valence-electron chi connectivity index (χ4n) is 3.37. The summed E-state index contributed by atoms with van der Waals surface area (Å²) in [5, 5.41) is 10.5. The number of rotatable bonds is 4. The topological polar surface area (TPSA) is 81.3 Å². The Labute approximate surface area is 162 Å². The molecule has 0 radical (unpaired) electrons. The molecule has 8 heteroatoms. The average molecular weight is 379 g/mol. The van der Waals surface area contributed by atoms with Crippen LogP contribution in [-0.2, 0) is 4.79 Å². The predicted molar refractivity (Wildman–Crippen MR) is 106 cm³/mol. The van der Waals surface area contributed by atoms with Crippen molar-refractivity contribution in [2.45, 2.75) is 27.2 Å². The van der Waals surface area contributed by atoms with Crippen molar-refractivity contribution in [3.05, 3.63) is 35.5 Å². The largest absolute Gasteiger partial charge is 0.493 e. The Morgan fingerprint density at radius 1 is 1.04 bits per heavy atom. The molecule has 1 amide bonds. The van der Waals surface area contributed by atoms with Gasteiger partial charge in [-0.05, 0) is 39.0 Å². The molecule has 3 aromatic rings. The van der Waals surface area contributed by atoms with Crippen LogP contribution in [0.15, 0.2) is 29.4 Å². The van der Waals surface area contributed by atoms with E-state index in [4.69, 9.17) is 14.6 Å². The van der Waals surface area contributed by atoms with Gasteiger partial charge in [0.15, 0.2) is 23.0 Å². The number of hydrazone groups is 1. The Bertz CT molecular complexity index is 1130. The van der Waals surface area contributed by atoms with Gasteiger partial charge in [0.1, 0.15) is 0 Å². The van der Waals surface area contributed by atoms with Crippen molar-refractivity contribution in [1.82, 2.24) is 14.6 Å². The summed E-state index contributed by atoms with van der Waals surface area (Å²) in [6, 6.07) is 7.46. The maximum atomic E-state index is 12.4. The van der Waals surface area contributed by atoms with Crippen molar-refractivity contribution >= 4 is 23.1 Å². The number of hydrogen-bond acceptors (Lipinski definition) is 6. The first-order valence-electron chi connectivity index (χ1n) is 8.89. The Hall–Kier alpha value is -3.42. The van der Waals surface area contributed by atoms with E-state index in [0.717, 1.165) is 28.2 Å². The number of hydrogen-bond donors (Lipinski definition) is 0. The zero-order valence-corrected chi connectivity index (χ0v) is 16.5. The van der Waals surface area contributed by atoms with Crippen molar-refractivity contribution in [3.63, 3.8) is 0 Å². The summed E-state index contributed by atoms with van der Waals surface area (Å²) in [4.78, 5) is 17.0. The van der Waals surface area contributed by atoms with Crippen LogP contribution in [0.4, 0.5) is 5.82 Å². The third kappa shape index (κ3) is 2.77. The van der Waals surface area contributed by atoms with Crippen LogP contribution in [0.25, 0.3) is 16.9 Å². The highest BCUT2D eigenvalue weighted by atomic mass is 16.5. The maximum Gasteiger partial charge on any atom is 0.254 e. The lowest BCUT2D eigenvalue weighted by Gasteiger charge is -2.13. The van der Waals surface area contributed by atoms with Gasteiger partial charge in [-0.3, -0.25) is 4.79 Å². The van der Waals surface area contributed by atoms with Crippen molar-refractivity contribution < 1.29 is 14.3 Å². The molecule has 4 rings (SSSR count). The second-order valence-electron chi connectivity index (χ2n) is 6.75. The Kier molecular flexibility index (Phi) is 4.26. The molecule has 0 saturated carbocycles. The first-order chi connectivity index (χ1) is 13.4. The van der Waals surface area contributed by atoms with Crippen molar-refractivity contribution in [2.24, 2.45) is 5.10 Å². The van der Waals surface area contributed by atoms with Crippen LogP contribution in [0.2, 0.25) is 0 Å². The molecule has 28 heavy (non-hydrogen) atoms. The van der Waals surface area contributed by atoms with E-state index >= 15 is 0 Å². The fraction of sp³-hybridized carbons (Fsp3) is 0.300. The van der Waals surface area contributed by atoms with Crippen LogP contribution in [0.5, 0.6) is 11.5 Å². The third-order valence-corrected chi connectivity index (χ3v) is 4.72. The number of aromatic nitrogens is 3. The van der Waals surface area contributed by atoms with Crippen LogP contribution in [-0.4, -0.2) is 40.4 Å². The van der Waals surface area contributed by atoms with Gasteiger partial charge in [0.05, 0.1) is 26.3 Å². The van der Waals surface area contributed by atoms with Crippen LogP contribution >= 0.6 is 0 Å². The minimum atomic E-state index is -0.0785. The molecular formula is C20H21N5O3. The molecule has 0 bridgehead atoms.